The smallest absolute Gasteiger partial charge is 0.257 e. The van der Waals surface area contributed by atoms with E-state index in [0.29, 0.717) is 11.4 Å². The third-order valence-corrected chi connectivity index (χ3v) is 5.88. The second-order valence-electron chi connectivity index (χ2n) is 6.79. The number of carbonyl (C=O) groups excluding carboxylic acids is 1. The number of nitrogens with one attached hydrogen (secondary N) is 2. The van der Waals surface area contributed by atoms with Gasteiger partial charge in [-0.1, -0.05) is 11.6 Å². The molecule has 13 heteroatoms. The standard InChI is InChI=1S/C18H18ClN5O5S2/c1-11-4-12(10-24(11)18-20-8-16(9-21-18)30(2,26)27)17(25)22-14-5-13(19)6-15(7-14)23-31(3,28)29/h4-10,23H,1-3H3,(H,22,25). The second-order valence-corrected chi connectivity index (χ2v) is 11.0. The van der Waals surface area contributed by atoms with Crippen molar-refractivity contribution in [3.05, 3.63) is 59.1 Å². The number of nitrogens with zero attached hydrogens (tertiary/aromatic N) is 3. The van der Waals surface area contributed by atoms with Gasteiger partial charge >= 0.3 is 0 Å². The maximum atomic E-state index is 12.7. The molecule has 0 bridgehead atoms. The number of carbonyl (C=O) groups is 1. The summed E-state index contributed by atoms with van der Waals surface area (Å²) >= 11 is 6.01. The number of sulfone groups is 1. The Morgan fingerprint density at radius 2 is 1.61 bits per heavy atom. The van der Waals surface area contributed by atoms with Gasteiger partial charge in [-0.25, -0.2) is 26.8 Å². The Kier molecular flexibility index (Phi) is 6.07. The maximum Gasteiger partial charge on any atom is 0.257 e. The molecule has 1 aromatic carbocycles. The van der Waals surface area contributed by atoms with Crippen molar-refractivity contribution in [2.45, 2.75) is 11.8 Å². The highest BCUT2D eigenvalue weighted by Crippen LogP contribution is 2.24. The number of halogens is 1. The van der Waals surface area contributed by atoms with Crippen LogP contribution in [-0.2, 0) is 19.9 Å². The van der Waals surface area contributed by atoms with E-state index in [1.54, 1.807) is 13.0 Å². The van der Waals surface area contributed by atoms with Gasteiger partial charge in [0.2, 0.25) is 16.0 Å². The highest BCUT2D eigenvalue weighted by molar-refractivity contribution is 7.92. The molecule has 0 saturated heterocycles. The van der Waals surface area contributed by atoms with Crippen molar-refractivity contribution in [3.63, 3.8) is 0 Å². The average Bonchev–Trinajstić information content (AvgIpc) is 3.01. The number of aromatic nitrogens is 3. The summed E-state index contributed by atoms with van der Waals surface area (Å²) in [7, 11) is -6.94. The summed E-state index contributed by atoms with van der Waals surface area (Å²) in [6, 6.07) is 5.92. The number of hydrogen-bond donors (Lipinski definition) is 2. The first-order valence-corrected chi connectivity index (χ1v) is 12.8. The third kappa shape index (κ3) is 5.81. The van der Waals surface area contributed by atoms with Gasteiger partial charge in [0.1, 0.15) is 4.90 Å². The molecule has 10 nitrogen and oxygen atoms in total. The van der Waals surface area contributed by atoms with Crippen molar-refractivity contribution in [3.8, 4) is 5.95 Å². The fraction of sp³-hybridized carbons (Fsp3) is 0.167. The van der Waals surface area contributed by atoms with Crippen LogP contribution in [0.2, 0.25) is 5.02 Å². The fourth-order valence-electron chi connectivity index (χ4n) is 2.68. The molecule has 0 radical (unpaired) electrons. The van der Waals surface area contributed by atoms with E-state index in [0.717, 1.165) is 12.5 Å². The van der Waals surface area contributed by atoms with E-state index in [2.05, 4.69) is 20.0 Å². The summed E-state index contributed by atoms with van der Waals surface area (Å²) in [6.45, 7) is 1.73. The molecule has 0 spiro atoms. The van der Waals surface area contributed by atoms with Gasteiger partial charge in [0.25, 0.3) is 5.91 Å². The molecule has 2 N–H and O–H groups in total. The van der Waals surface area contributed by atoms with Crippen LogP contribution in [-0.4, -0.2) is 49.8 Å². The molecule has 2 aromatic heterocycles. The zero-order valence-corrected chi connectivity index (χ0v) is 19.0. The first-order chi connectivity index (χ1) is 14.3. The molecule has 0 aliphatic heterocycles. The van der Waals surface area contributed by atoms with Crippen molar-refractivity contribution in [2.75, 3.05) is 22.6 Å². The lowest BCUT2D eigenvalue weighted by atomic mass is 10.2. The normalized spacial score (nSPS) is 11.9. The zero-order valence-electron chi connectivity index (χ0n) is 16.6. The molecule has 0 fully saturated rings. The average molecular weight is 484 g/mol. The van der Waals surface area contributed by atoms with Gasteiger partial charge in [-0.05, 0) is 31.2 Å². The number of sulfonamides is 1. The van der Waals surface area contributed by atoms with Crippen molar-refractivity contribution < 1.29 is 21.6 Å². The summed E-state index contributed by atoms with van der Waals surface area (Å²) in [6.07, 6.45) is 5.95. The van der Waals surface area contributed by atoms with E-state index < -0.39 is 25.8 Å². The van der Waals surface area contributed by atoms with Crippen LogP contribution in [0.25, 0.3) is 5.95 Å². The van der Waals surface area contributed by atoms with Gasteiger partial charge in [-0.3, -0.25) is 14.1 Å². The second kappa shape index (κ2) is 8.29. The predicted octanol–water partition coefficient (Wildman–Crippen LogP) is 2.26. The van der Waals surface area contributed by atoms with Crippen LogP contribution in [0.3, 0.4) is 0 Å². The van der Waals surface area contributed by atoms with Gasteiger partial charge in [-0.2, -0.15) is 0 Å². The molecule has 3 aromatic rings. The van der Waals surface area contributed by atoms with Gasteiger partial charge in [0, 0.05) is 28.9 Å². The molecule has 3 rings (SSSR count). The highest BCUT2D eigenvalue weighted by atomic mass is 35.5. The number of benzene rings is 1. The van der Waals surface area contributed by atoms with E-state index >= 15 is 0 Å². The SMILES string of the molecule is Cc1cc(C(=O)Nc2cc(Cl)cc(NS(C)(=O)=O)c2)cn1-c1ncc(S(C)(=O)=O)cn1. The summed E-state index contributed by atoms with van der Waals surface area (Å²) in [5.41, 5.74) is 1.43. The summed E-state index contributed by atoms with van der Waals surface area (Å²) in [4.78, 5) is 20.8. The number of rotatable bonds is 6. The van der Waals surface area contributed by atoms with Gasteiger partial charge in [0.05, 0.1) is 29.9 Å². The van der Waals surface area contributed by atoms with E-state index in [1.807, 2.05) is 0 Å². The Labute approximate surface area is 184 Å². The largest absolute Gasteiger partial charge is 0.322 e. The molecule has 1 amide bonds. The minimum Gasteiger partial charge on any atom is -0.322 e. The number of anilines is 2. The minimum atomic E-state index is -3.51. The molecule has 2 heterocycles. The lowest BCUT2D eigenvalue weighted by Gasteiger charge is -2.09. The van der Waals surface area contributed by atoms with Crippen LogP contribution >= 0.6 is 11.6 Å². The van der Waals surface area contributed by atoms with Crippen LogP contribution in [0, 0.1) is 6.92 Å². The van der Waals surface area contributed by atoms with Gasteiger partial charge in [-0.15, -0.1) is 0 Å². The molecule has 0 saturated carbocycles. The molecular weight excluding hydrogens is 466 g/mol. The Morgan fingerprint density at radius 1 is 1.00 bits per heavy atom. The van der Waals surface area contributed by atoms with Crippen LogP contribution in [0.4, 0.5) is 11.4 Å². The maximum absolute atomic E-state index is 12.7. The molecule has 0 unspecified atom stereocenters. The zero-order chi connectivity index (χ0) is 23.0. The van der Waals surface area contributed by atoms with Crippen molar-refractivity contribution in [2.24, 2.45) is 0 Å². The molecule has 0 aliphatic rings. The van der Waals surface area contributed by atoms with Crippen LogP contribution < -0.4 is 10.0 Å². The molecule has 31 heavy (non-hydrogen) atoms. The highest BCUT2D eigenvalue weighted by Gasteiger charge is 2.15. The van der Waals surface area contributed by atoms with Crippen molar-refractivity contribution in [1.82, 2.24) is 14.5 Å². The summed E-state index contributed by atoms with van der Waals surface area (Å²) in [5.74, 6) is -0.270. The van der Waals surface area contributed by atoms with Crippen molar-refractivity contribution >= 4 is 48.7 Å². The summed E-state index contributed by atoms with van der Waals surface area (Å²) < 4.78 is 49.8. The fourth-order valence-corrected chi connectivity index (χ4v) is 3.95. The number of hydrogen-bond acceptors (Lipinski definition) is 7. The number of aryl methyl sites for hydroxylation is 1. The van der Waals surface area contributed by atoms with Gasteiger partial charge < -0.3 is 5.32 Å². The lowest BCUT2D eigenvalue weighted by Crippen LogP contribution is -2.13. The Hall–Kier alpha value is -2.96. The van der Waals surface area contributed by atoms with Gasteiger partial charge in [0.15, 0.2) is 9.84 Å². The quantitative estimate of drug-likeness (QED) is 0.547. The Bertz CT molecular complexity index is 1370. The first kappa shape index (κ1) is 22.7. The van der Waals surface area contributed by atoms with E-state index in [1.165, 1.54) is 41.4 Å². The van der Waals surface area contributed by atoms with E-state index in [9.17, 15) is 21.6 Å². The predicted molar refractivity (Wildman–Crippen MR) is 117 cm³/mol. The van der Waals surface area contributed by atoms with Crippen LogP contribution in [0.15, 0.2) is 47.8 Å². The topological polar surface area (TPSA) is 140 Å². The van der Waals surface area contributed by atoms with E-state index in [-0.39, 0.29) is 27.1 Å². The van der Waals surface area contributed by atoms with Crippen LogP contribution in [0.5, 0.6) is 0 Å². The molecule has 0 aliphatic carbocycles. The van der Waals surface area contributed by atoms with Crippen LogP contribution in [0.1, 0.15) is 16.1 Å². The Morgan fingerprint density at radius 3 is 2.19 bits per heavy atom. The third-order valence-electron chi connectivity index (χ3n) is 3.99. The molecule has 0 atom stereocenters. The summed E-state index contributed by atoms with van der Waals surface area (Å²) in [5, 5.41) is 2.89. The number of amides is 1. The Balaban J connectivity index is 1.84. The first-order valence-electron chi connectivity index (χ1n) is 8.63. The molecular formula is C18H18ClN5O5S2. The minimum absolute atomic E-state index is 0.0153. The monoisotopic (exact) mass is 483 g/mol. The molecule has 164 valence electrons. The lowest BCUT2D eigenvalue weighted by molar-refractivity contribution is 0.102. The van der Waals surface area contributed by atoms with Crippen molar-refractivity contribution in [1.29, 1.82) is 0 Å². The van der Waals surface area contributed by atoms with E-state index in [4.69, 9.17) is 11.6 Å².